The zero-order valence-electron chi connectivity index (χ0n) is 11.7. The molecule has 0 saturated carbocycles. The molecule has 0 radical (unpaired) electrons. The molecule has 1 unspecified atom stereocenters. The van der Waals surface area contributed by atoms with Crippen molar-refractivity contribution in [1.29, 1.82) is 0 Å². The van der Waals surface area contributed by atoms with Crippen LogP contribution in [0.15, 0.2) is 18.2 Å². The molecule has 1 fully saturated rings. The molecule has 1 aliphatic heterocycles. The lowest BCUT2D eigenvalue weighted by atomic mass is 9.93. The molecule has 2 amide bonds. The number of nitrogens with one attached hydrogen (secondary N) is 2. The van der Waals surface area contributed by atoms with Gasteiger partial charge in [0, 0.05) is 5.69 Å². The summed E-state index contributed by atoms with van der Waals surface area (Å²) < 4.78 is 0. The highest BCUT2D eigenvalue weighted by Crippen LogP contribution is 2.26. The lowest BCUT2D eigenvalue weighted by Crippen LogP contribution is -2.50. The van der Waals surface area contributed by atoms with E-state index in [2.05, 4.69) is 10.6 Å². The van der Waals surface area contributed by atoms with Crippen LogP contribution >= 0.6 is 24.0 Å². The minimum Gasteiger partial charge on any atom is -0.366 e. The first kappa shape index (κ1) is 17.8. The summed E-state index contributed by atoms with van der Waals surface area (Å²) in [5.74, 6) is -0.657. The van der Waals surface area contributed by atoms with Crippen molar-refractivity contribution >= 4 is 41.5 Å². The highest BCUT2D eigenvalue weighted by atomic mass is 35.5. The van der Waals surface area contributed by atoms with E-state index in [9.17, 15) is 9.59 Å². The predicted molar refractivity (Wildman–Crippen MR) is 86.1 cm³/mol. The Balaban J connectivity index is 0.00000220. The third kappa shape index (κ3) is 3.67. The van der Waals surface area contributed by atoms with Gasteiger partial charge >= 0.3 is 0 Å². The third-order valence-corrected chi connectivity index (χ3v) is 4.09. The van der Waals surface area contributed by atoms with E-state index in [4.69, 9.17) is 17.3 Å². The Hall–Kier alpha value is -1.30. The van der Waals surface area contributed by atoms with Crippen LogP contribution < -0.4 is 16.4 Å². The topological polar surface area (TPSA) is 84.2 Å². The van der Waals surface area contributed by atoms with Crippen molar-refractivity contribution in [3.8, 4) is 0 Å². The standard InChI is InChI=1S/C14H18ClN3O2.ClH/c1-2-14(6-3-7-17-14)13(20)18-9-4-5-10(12(16)19)11(15)8-9;/h4-5,8,17H,2-3,6-7H2,1H3,(H2,16,19)(H,18,20);1H. The number of hydrogen-bond donors (Lipinski definition) is 3. The quantitative estimate of drug-likeness (QED) is 0.791. The molecule has 116 valence electrons. The summed E-state index contributed by atoms with van der Waals surface area (Å²) in [6.45, 7) is 2.84. The van der Waals surface area contributed by atoms with Crippen molar-refractivity contribution < 1.29 is 9.59 Å². The maximum atomic E-state index is 12.4. The number of nitrogens with two attached hydrogens (primary N) is 1. The predicted octanol–water partition coefficient (Wildman–Crippen LogP) is 2.33. The Bertz CT molecular complexity index is 543. The molecule has 0 aromatic heterocycles. The van der Waals surface area contributed by atoms with Crippen LogP contribution in [0.3, 0.4) is 0 Å². The van der Waals surface area contributed by atoms with Crippen LogP contribution in [0, 0.1) is 0 Å². The number of amides is 2. The fourth-order valence-corrected chi connectivity index (χ4v) is 2.78. The average molecular weight is 332 g/mol. The number of halogens is 2. The number of anilines is 1. The minimum atomic E-state index is -0.588. The molecule has 21 heavy (non-hydrogen) atoms. The highest BCUT2D eigenvalue weighted by Gasteiger charge is 2.39. The van der Waals surface area contributed by atoms with Gasteiger partial charge in [-0.2, -0.15) is 0 Å². The molecule has 1 aromatic rings. The fraction of sp³-hybridized carbons (Fsp3) is 0.429. The van der Waals surface area contributed by atoms with Crippen LogP contribution in [0.1, 0.15) is 36.5 Å². The summed E-state index contributed by atoms with van der Waals surface area (Å²) in [6.07, 6.45) is 2.54. The molecule has 1 aliphatic rings. The highest BCUT2D eigenvalue weighted by molar-refractivity contribution is 6.34. The summed E-state index contributed by atoms with van der Waals surface area (Å²) in [6, 6.07) is 4.68. The fourth-order valence-electron chi connectivity index (χ4n) is 2.51. The normalized spacial score (nSPS) is 20.7. The third-order valence-electron chi connectivity index (χ3n) is 3.77. The average Bonchev–Trinajstić information content (AvgIpc) is 2.88. The van der Waals surface area contributed by atoms with E-state index >= 15 is 0 Å². The van der Waals surface area contributed by atoms with E-state index in [-0.39, 0.29) is 28.9 Å². The van der Waals surface area contributed by atoms with Crippen molar-refractivity contribution in [2.24, 2.45) is 5.73 Å². The van der Waals surface area contributed by atoms with Crippen LogP contribution in [0.2, 0.25) is 5.02 Å². The molecule has 1 heterocycles. The lowest BCUT2D eigenvalue weighted by Gasteiger charge is -2.26. The molecule has 5 nitrogen and oxygen atoms in total. The van der Waals surface area contributed by atoms with Gasteiger partial charge in [-0.25, -0.2) is 0 Å². The molecule has 4 N–H and O–H groups in total. The molecule has 1 saturated heterocycles. The van der Waals surface area contributed by atoms with Gasteiger partial charge in [-0.3, -0.25) is 9.59 Å². The van der Waals surface area contributed by atoms with Gasteiger partial charge in [0.25, 0.3) is 0 Å². The van der Waals surface area contributed by atoms with Crippen molar-refractivity contribution in [3.63, 3.8) is 0 Å². The summed E-state index contributed by atoms with van der Waals surface area (Å²) in [4.78, 5) is 23.5. The molecule has 1 atom stereocenters. The smallest absolute Gasteiger partial charge is 0.250 e. The van der Waals surface area contributed by atoms with Gasteiger partial charge in [-0.05, 0) is 44.0 Å². The Morgan fingerprint density at radius 3 is 2.67 bits per heavy atom. The summed E-state index contributed by atoms with van der Waals surface area (Å²) in [5, 5.41) is 6.35. The van der Waals surface area contributed by atoms with Crippen molar-refractivity contribution in [3.05, 3.63) is 28.8 Å². The van der Waals surface area contributed by atoms with Gasteiger partial charge < -0.3 is 16.4 Å². The number of rotatable bonds is 4. The maximum Gasteiger partial charge on any atom is 0.250 e. The summed E-state index contributed by atoms with van der Waals surface area (Å²) in [5.41, 5.74) is 5.49. The minimum absolute atomic E-state index is 0. The first-order valence-electron chi connectivity index (χ1n) is 6.64. The second-order valence-electron chi connectivity index (χ2n) is 4.98. The molecule has 7 heteroatoms. The van der Waals surface area contributed by atoms with Crippen molar-refractivity contribution in [2.45, 2.75) is 31.7 Å². The van der Waals surface area contributed by atoms with E-state index in [1.807, 2.05) is 6.92 Å². The van der Waals surface area contributed by atoms with E-state index in [0.717, 1.165) is 25.8 Å². The van der Waals surface area contributed by atoms with Gasteiger partial charge in [0.15, 0.2) is 0 Å². The second kappa shape index (κ2) is 7.11. The summed E-state index contributed by atoms with van der Waals surface area (Å²) in [7, 11) is 0. The van der Waals surface area contributed by atoms with Gasteiger partial charge in [0.1, 0.15) is 0 Å². The van der Waals surface area contributed by atoms with Gasteiger partial charge in [0.05, 0.1) is 16.1 Å². The Kier molecular flexibility index (Phi) is 6.01. The number of primary amides is 1. The molecule has 1 aromatic carbocycles. The molecule has 2 rings (SSSR count). The molecule has 0 bridgehead atoms. The number of benzene rings is 1. The van der Waals surface area contributed by atoms with E-state index in [1.165, 1.54) is 12.1 Å². The van der Waals surface area contributed by atoms with Crippen molar-refractivity contribution in [1.82, 2.24) is 5.32 Å². The maximum absolute atomic E-state index is 12.4. The van der Waals surface area contributed by atoms with Crippen molar-refractivity contribution in [2.75, 3.05) is 11.9 Å². The zero-order chi connectivity index (χ0) is 14.8. The van der Waals surface area contributed by atoms with Crippen LogP contribution in [0.25, 0.3) is 0 Å². The monoisotopic (exact) mass is 331 g/mol. The Morgan fingerprint density at radius 2 is 2.19 bits per heavy atom. The molecule has 0 aliphatic carbocycles. The van der Waals surface area contributed by atoms with E-state index in [0.29, 0.717) is 5.69 Å². The number of carbonyl (C=O) groups is 2. The van der Waals surface area contributed by atoms with Gasteiger partial charge in [-0.1, -0.05) is 18.5 Å². The van der Waals surface area contributed by atoms with Crippen LogP contribution in [-0.2, 0) is 4.79 Å². The largest absolute Gasteiger partial charge is 0.366 e. The van der Waals surface area contributed by atoms with Gasteiger partial charge in [0.2, 0.25) is 11.8 Å². The molecular formula is C14H19Cl2N3O2. The van der Waals surface area contributed by atoms with Crippen LogP contribution in [-0.4, -0.2) is 23.9 Å². The Morgan fingerprint density at radius 1 is 1.48 bits per heavy atom. The number of carbonyl (C=O) groups excluding carboxylic acids is 2. The first-order valence-corrected chi connectivity index (χ1v) is 7.02. The van der Waals surface area contributed by atoms with Gasteiger partial charge in [-0.15, -0.1) is 12.4 Å². The number of hydrogen-bond acceptors (Lipinski definition) is 3. The van der Waals surface area contributed by atoms with Crippen LogP contribution in [0.4, 0.5) is 5.69 Å². The Labute approximate surface area is 135 Å². The molecule has 0 spiro atoms. The lowest BCUT2D eigenvalue weighted by molar-refractivity contribution is -0.122. The molecular weight excluding hydrogens is 313 g/mol. The second-order valence-corrected chi connectivity index (χ2v) is 5.39. The zero-order valence-corrected chi connectivity index (χ0v) is 13.3. The SMILES string of the molecule is CCC1(C(=O)Nc2ccc(C(N)=O)c(Cl)c2)CCCN1.Cl. The van der Waals surface area contributed by atoms with E-state index < -0.39 is 11.4 Å². The van der Waals surface area contributed by atoms with Crippen LogP contribution in [0.5, 0.6) is 0 Å². The first-order chi connectivity index (χ1) is 9.48. The van der Waals surface area contributed by atoms with E-state index in [1.54, 1.807) is 6.07 Å². The summed E-state index contributed by atoms with van der Waals surface area (Å²) >= 11 is 5.97.